The molecular weight excluding hydrogens is 294 g/mol. The highest BCUT2D eigenvalue weighted by atomic mass is 16.7. The number of nitrogens with zero attached hydrogens (tertiary/aromatic N) is 1. The Morgan fingerprint density at radius 3 is 2.78 bits per heavy atom. The van der Waals surface area contributed by atoms with Gasteiger partial charge in [-0.25, -0.2) is 9.59 Å². The van der Waals surface area contributed by atoms with Crippen molar-refractivity contribution in [2.45, 2.75) is 32.7 Å². The maximum absolute atomic E-state index is 12.3. The number of fused-ring (bicyclic) bond motifs is 1. The van der Waals surface area contributed by atoms with Crippen LogP contribution in [0.2, 0.25) is 0 Å². The van der Waals surface area contributed by atoms with Crippen LogP contribution in [0, 0.1) is 0 Å². The lowest BCUT2D eigenvalue weighted by Gasteiger charge is -2.25. The molecule has 0 fully saturated rings. The predicted octanol–water partition coefficient (Wildman–Crippen LogP) is 3.72. The second-order valence-electron chi connectivity index (χ2n) is 5.38. The van der Waals surface area contributed by atoms with E-state index in [2.05, 4.69) is 12.6 Å². The number of esters is 1. The average molecular weight is 315 g/mol. The first-order chi connectivity index (χ1) is 11.0. The summed E-state index contributed by atoms with van der Waals surface area (Å²) in [4.78, 5) is 25.2. The van der Waals surface area contributed by atoms with Crippen molar-refractivity contribution < 1.29 is 19.1 Å². The summed E-state index contributed by atoms with van der Waals surface area (Å²) >= 11 is 0. The summed E-state index contributed by atoms with van der Waals surface area (Å²) in [7, 11) is 0. The predicted molar refractivity (Wildman–Crippen MR) is 86.4 cm³/mol. The molecule has 2 rings (SSSR count). The number of aryl methyl sites for hydroxylation is 1. The molecule has 0 spiro atoms. The fourth-order valence-electron chi connectivity index (χ4n) is 2.61. The van der Waals surface area contributed by atoms with E-state index >= 15 is 0 Å². The topological polar surface area (TPSA) is 55.8 Å². The number of carbonyl (C=O) groups is 2. The fraction of sp³-hybridized carbons (Fsp3) is 0.333. The van der Waals surface area contributed by atoms with Gasteiger partial charge in [0, 0.05) is 11.8 Å². The summed E-state index contributed by atoms with van der Waals surface area (Å²) < 4.78 is 9.86. The van der Waals surface area contributed by atoms with E-state index in [-0.39, 0.29) is 11.6 Å². The zero-order valence-electron chi connectivity index (χ0n) is 13.5. The van der Waals surface area contributed by atoms with E-state index in [9.17, 15) is 9.59 Å². The second kappa shape index (κ2) is 7.63. The van der Waals surface area contributed by atoms with Crippen LogP contribution in [0.3, 0.4) is 0 Å². The van der Waals surface area contributed by atoms with E-state index < -0.39 is 18.9 Å². The number of hydrogen-bond acceptors (Lipinski definition) is 4. The fourth-order valence-corrected chi connectivity index (χ4v) is 2.61. The van der Waals surface area contributed by atoms with E-state index in [1.165, 1.54) is 12.5 Å². The van der Waals surface area contributed by atoms with E-state index in [1.807, 2.05) is 25.1 Å². The lowest BCUT2D eigenvalue weighted by molar-refractivity contribution is -0.147. The quantitative estimate of drug-likeness (QED) is 0.472. The number of amides is 1. The van der Waals surface area contributed by atoms with Gasteiger partial charge in [-0.05, 0) is 37.8 Å². The van der Waals surface area contributed by atoms with Crippen LogP contribution in [0.25, 0.3) is 0 Å². The Labute approximate surface area is 136 Å². The molecule has 0 aromatic heterocycles. The molecule has 1 atom stereocenters. The van der Waals surface area contributed by atoms with Gasteiger partial charge in [0.2, 0.25) is 6.79 Å². The molecule has 1 aliphatic carbocycles. The van der Waals surface area contributed by atoms with Gasteiger partial charge in [0.1, 0.15) is 0 Å². The zero-order chi connectivity index (χ0) is 16.8. The van der Waals surface area contributed by atoms with Crippen molar-refractivity contribution in [3.8, 4) is 0 Å². The molecule has 0 radical (unpaired) electrons. The monoisotopic (exact) mass is 315 g/mol. The van der Waals surface area contributed by atoms with Crippen LogP contribution in [0.1, 0.15) is 37.4 Å². The average Bonchev–Trinajstić information content (AvgIpc) is 2.96. The van der Waals surface area contributed by atoms with Crippen LogP contribution in [-0.2, 0) is 20.7 Å². The summed E-state index contributed by atoms with van der Waals surface area (Å²) in [6, 6.07) is 7.99. The highest BCUT2D eigenvalue weighted by molar-refractivity contribution is 5.86. The molecule has 0 N–H and O–H groups in total. The van der Waals surface area contributed by atoms with Gasteiger partial charge < -0.3 is 9.47 Å². The minimum Gasteiger partial charge on any atom is -0.424 e. The number of hydrogen-bond donors (Lipinski definition) is 0. The second-order valence-corrected chi connectivity index (χ2v) is 5.38. The van der Waals surface area contributed by atoms with E-state index in [0.29, 0.717) is 0 Å². The highest BCUT2D eigenvalue weighted by Crippen LogP contribution is 2.36. The standard InChI is InChI=1S/C18H21NO4/c1-4-11-19(18(21)23-12-22-17(20)13(2)3)16-10-9-14-7-5-6-8-15(14)16/h4-8,11,16H,2,9-10,12H2,1,3H3/b11-4+/t16-/m1/s1. The minimum absolute atomic E-state index is 0.0632. The third-order valence-electron chi connectivity index (χ3n) is 3.68. The molecule has 0 saturated carbocycles. The molecular formula is C18H21NO4. The molecule has 1 aromatic rings. The number of allylic oxidation sites excluding steroid dienone is 1. The van der Waals surface area contributed by atoms with Crippen molar-refractivity contribution in [3.63, 3.8) is 0 Å². The van der Waals surface area contributed by atoms with Gasteiger partial charge in [0.25, 0.3) is 0 Å². The Morgan fingerprint density at radius 2 is 2.09 bits per heavy atom. The molecule has 1 amide bonds. The van der Waals surface area contributed by atoms with Crippen LogP contribution in [0.5, 0.6) is 0 Å². The van der Waals surface area contributed by atoms with Gasteiger partial charge in [0.05, 0.1) is 6.04 Å². The Bertz CT molecular complexity index is 636. The lowest BCUT2D eigenvalue weighted by atomic mass is 10.1. The summed E-state index contributed by atoms with van der Waals surface area (Å²) in [6.07, 6.45) is 4.69. The molecule has 0 saturated heterocycles. The van der Waals surface area contributed by atoms with Crippen molar-refractivity contribution in [1.82, 2.24) is 4.90 Å². The largest absolute Gasteiger partial charge is 0.424 e. The number of carbonyl (C=O) groups excluding carboxylic acids is 2. The van der Waals surface area contributed by atoms with Crippen molar-refractivity contribution in [2.75, 3.05) is 6.79 Å². The van der Waals surface area contributed by atoms with E-state index in [1.54, 1.807) is 17.2 Å². The smallest absolute Gasteiger partial charge is 0.417 e. The summed E-state index contributed by atoms with van der Waals surface area (Å²) in [5.74, 6) is -0.582. The maximum atomic E-state index is 12.3. The first kappa shape index (κ1) is 16.8. The molecule has 5 heteroatoms. The van der Waals surface area contributed by atoms with E-state index in [4.69, 9.17) is 9.47 Å². The van der Waals surface area contributed by atoms with Gasteiger partial charge in [-0.1, -0.05) is 36.9 Å². The van der Waals surface area contributed by atoms with E-state index in [0.717, 1.165) is 18.4 Å². The minimum atomic E-state index is -0.582. The molecule has 5 nitrogen and oxygen atoms in total. The molecule has 0 heterocycles. The summed E-state index contributed by atoms with van der Waals surface area (Å²) in [6.45, 7) is 6.41. The molecule has 122 valence electrons. The molecule has 1 aliphatic rings. The first-order valence-electron chi connectivity index (χ1n) is 7.53. The third-order valence-corrected chi connectivity index (χ3v) is 3.68. The maximum Gasteiger partial charge on any atom is 0.417 e. The lowest BCUT2D eigenvalue weighted by Crippen LogP contribution is -2.30. The van der Waals surface area contributed by atoms with Crippen molar-refractivity contribution in [1.29, 1.82) is 0 Å². The van der Waals surface area contributed by atoms with Crippen molar-refractivity contribution in [3.05, 3.63) is 59.8 Å². The Hall–Kier alpha value is -2.56. The molecule has 23 heavy (non-hydrogen) atoms. The Kier molecular flexibility index (Phi) is 5.57. The molecule has 0 bridgehead atoms. The zero-order valence-corrected chi connectivity index (χ0v) is 13.5. The third kappa shape index (κ3) is 4.00. The first-order valence-corrected chi connectivity index (χ1v) is 7.53. The van der Waals surface area contributed by atoms with Crippen molar-refractivity contribution in [2.24, 2.45) is 0 Å². The van der Waals surface area contributed by atoms with Gasteiger partial charge >= 0.3 is 12.1 Å². The molecule has 1 aromatic carbocycles. The van der Waals surface area contributed by atoms with Crippen LogP contribution in [0.4, 0.5) is 4.79 Å². The van der Waals surface area contributed by atoms with Gasteiger partial charge in [-0.15, -0.1) is 0 Å². The van der Waals surface area contributed by atoms with Gasteiger partial charge in [0.15, 0.2) is 0 Å². The van der Waals surface area contributed by atoms with Crippen LogP contribution in [0.15, 0.2) is 48.7 Å². The summed E-state index contributed by atoms with van der Waals surface area (Å²) in [5.41, 5.74) is 2.63. The summed E-state index contributed by atoms with van der Waals surface area (Å²) in [5, 5.41) is 0. The van der Waals surface area contributed by atoms with Crippen LogP contribution < -0.4 is 0 Å². The Balaban J connectivity index is 2.03. The molecule has 0 unspecified atom stereocenters. The number of ether oxygens (including phenoxy) is 2. The van der Waals surface area contributed by atoms with Gasteiger partial charge in [-0.3, -0.25) is 4.90 Å². The highest BCUT2D eigenvalue weighted by Gasteiger charge is 2.30. The number of benzene rings is 1. The number of rotatable bonds is 5. The Morgan fingerprint density at radius 1 is 1.35 bits per heavy atom. The van der Waals surface area contributed by atoms with Gasteiger partial charge in [-0.2, -0.15) is 0 Å². The molecule has 0 aliphatic heterocycles. The van der Waals surface area contributed by atoms with Crippen LogP contribution in [-0.4, -0.2) is 23.8 Å². The SMILES string of the molecule is C=C(C)C(=O)OCOC(=O)N(/C=C/C)[C@@H]1CCc2ccccc21. The van der Waals surface area contributed by atoms with Crippen molar-refractivity contribution >= 4 is 12.1 Å². The normalized spacial score (nSPS) is 16.0. The van der Waals surface area contributed by atoms with Crippen LogP contribution >= 0.6 is 0 Å².